The van der Waals surface area contributed by atoms with Gasteiger partial charge in [0.25, 0.3) is 0 Å². The number of nitrogens with two attached hydrogens (primary N) is 1. The molecule has 4 nitrogen and oxygen atoms in total. The molecule has 1 aliphatic rings. The van der Waals surface area contributed by atoms with Crippen molar-refractivity contribution in [2.24, 2.45) is 5.73 Å². The van der Waals surface area contributed by atoms with Crippen LogP contribution in [0.15, 0.2) is 5.38 Å². The van der Waals surface area contributed by atoms with Crippen molar-refractivity contribution in [3.8, 4) is 0 Å². The molecule has 1 amide bonds. The molecule has 0 bridgehead atoms. The van der Waals surface area contributed by atoms with Crippen molar-refractivity contribution in [2.75, 3.05) is 19.8 Å². The van der Waals surface area contributed by atoms with E-state index in [0.717, 1.165) is 26.2 Å². The van der Waals surface area contributed by atoms with Gasteiger partial charge in [-0.1, -0.05) is 0 Å². The Morgan fingerprint density at radius 3 is 2.88 bits per heavy atom. The molecule has 1 saturated heterocycles. The maximum Gasteiger partial charge on any atom is 0.204 e. The maximum absolute atomic E-state index is 8.58. The van der Waals surface area contributed by atoms with Crippen LogP contribution in [0.2, 0.25) is 0 Å². The number of aryl methyl sites for hydroxylation is 1. The van der Waals surface area contributed by atoms with Gasteiger partial charge in [0.05, 0.1) is 12.6 Å². The number of amides is 1. The largest absolute Gasteiger partial charge is 0.379 e. The lowest BCUT2D eigenvalue weighted by atomic mass is 10.1. The fourth-order valence-corrected chi connectivity index (χ4v) is 2.73. The van der Waals surface area contributed by atoms with Crippen LogP contribution >= 0.6 is 11.3 Å². The molecule has 3 N–H and O–H groups in total. The molecule has 0 aromatic carbocycles. The number of carbonyl (C=O) groups is 1. The van der Waals surface area contributed by atoms with Crippen molar-refractivity contribution in [3.05, 3.63) is 21.4 Å². The zero-order valence-corrected chi connectivity index (χ0v) is 11.2. The van der Waals surface area contributed by atoms with Crippen LogP contribution in [0, 0.1) is 13.8 Å². The van der Waals surface area contributed by atoms with E-state index < -0.39 is 0 Å². The van der Waals surface area contributed by atoms with E-state index in [-0.39, 0.29) is 6.41 Å². The van der Waals surface area contributed by atoms with Crippen LogP contribution in [0.25, 0.3) is 0 Å². The quantitative estimate of drug-likeness (QED) is 0.749. The molecule has 5 heteroatoms. The SMILES string of the molecule is Cc1scc(C2COCCCN2)c1C.NC=O. The van der Waals surface area contributed by atoms with Gasteiger partial charge in [-0.15, -0.1) is 11.3 Å². The van der Waals surface area contributed by atoms with Crippen molar-refractivity contribution in [1.82, 2.24) is 5.32 Å². The van der Waals surface area contributed by atoms with Crippen molar-refractivity contribution in [2.45, 2.75) is 26.3 Å². The Balaban J connectivity index is 0.000000437. The number of primary amides is 1. The summed E-state index contributed by atoms with van der Waals surface area (Å²) in [6.07, 6.45) is 1.37. The second kappa shape index (κ2) is 7.42. The average molecular weight is 256 g/mol. The highest BCUT2D eigenvalue weighted by Gasteiger charge is 2.17. The van der Waals surface area contributed by atoms with E-state index in [1.54, 1.807) is 0 Å². The van der Waals surface area contributed by atoms with Crippen LogP contribution in [0.3, 0.4) is 0 Å². The summed E-state index contributed by atoms with van der Waals surface area (Å²) in [6, 6.07) is 0.405. The first-order valence-corrected chi connectivity index (χ1v) is 6.59. The number of nitrogens with one attached hydrogen (secondary N) is 1. The first-order valence-electron chi connectivity index (χ1n) is 5.71. The topological polar surface area (TPSA) is 64.3 Å². The van der Waals surface area contributed by atoms with E-state index >= 15 is 0 Å². The van der Waals surface area contributed by atoms with Gasteiger partial charge in [-0.25, -0.2) is 0 Å². The lowest BCUT2D eigenvalue weighted by Crippen LogP contribution is -2.23. The Kier molecular flexibility index (Phi) is 6.18. The van der Waals surface area contributed by atoms with Gasteiger partial charge in [-0.3, -0.25) is 4.79 Å². The van der Waals surface area contributed by atoms with Crippen LogP contribution in [-0.2, 0) is 9.53 Å². The molecule has 0 saturated carbocycles. The minimum Gasteiger partial charge on any atom is -0.379 e. The first-order chi connectivity index (χ1) is 8.20. The molecule has 1 aromatic rings. The summed E-state index contributed by atoms with van der Waals surface area (Å²) in [4.78, 5) is 10.0. The second-order valence-electron chi connectivity index (χ2n) is 3.94. The van der Waals surface area contributed by atoms with Crippen molar-refractivity contribution < 1.29 is 9.53 Å². The van der Waals surface area contributed by atoms with E-state index in [0.29, 0.717) is 6.04 Å². The highest BCUT2D eigenvalue weighted by molar-refractivity contribution is 7.10. The molecule has 2 heterocycles. The van der Waals surface area contributed by atoms with Crippen molar-refractivity contribution in [3.63, 3.8) is 0 Å². The normalized spacial score (nSPS) is 20.0. The van der Waals surface area contributed by atoms with Crippen LogP contribution in [0.1, 0.15) is 28.5 Å². The van der Waals surface area contributed by atoms with E-state index in [2.05, 4.69) is 30.3 Å². The van der Waals surface area contributed by atoms with Crippen LogP contribution < -0.4 is 11.1 Å². The van der Waals surface area contributed by atoms with Gasteiger partial charge in [0.1, 0.15) is 0 Å². The molecular formula is C12H20N2O2S. The number of rotatable bonds is 1. The molecular weight excluding hydrogens is 236 g/mol. The molecule has 2 rings (SSSR count). The van der Waals surface area contributed by atoms with Crippen LogP contribution in [-0.4, -0.2) is 26.2 Å². The van der Waals surface area contributed by atoms with Gasteiger partial charge in [0, 0.05) is 11.5 Å². The minimum atomic E-state index is 0.250. The Morgan fingerprint density at radius 2 is 2.29 bits per heavy atom. The predicted octanol–water partition coefficient (Wildman–Crippen LogP) is 1.52. The molecule has 1 atom stereocenters. The summed E-state index contributed by atoms with van der Waals surface area (Å²) < 4.78 is 5.57. The van der Waals surface area contributed by atoms with Gasteiger partial charge in [0.15, 0.2) is 0 Å². The number of hydrogen-bond acceptors (Lipinski definition) is 4. The smallest absolute Gasteiger partial charge is 0.204 e. The highest BCUT2D eigenvalue weighted by Crippen LogP contribution is 2.27. The van der Waals surface area contributed by atoms with E-state index in [9.17, 15) is 0 Å². The molecule has 1 fully saturated rings. The molecule has 17 heavy (non-hydrogen) atoms. The summed E-state index contributed by atoms with van der Waals surface area (Å²) in [5.41, 5.74) is 7.02. The Labute approximate surface area is 106 Å². The first kappa shape index (κ1) is 14.2. The zero-order chi connectivity index (χ0) is 12.7. The van der Waals surface area contributed by atoms with Crippen LogP contribution in [0.5, 0.6) is 0 Å². The third-order valence-electron chi connectivity index (χ3n) is 2.84. The van der Waals surface area contributed by atoms with Gasteiger partial charge in [-0.2, -0.15) is 0 Å². The third kappa shape index (κ3) is 4.11. The fourth-order valence-electron chi connectivity index (χ4n) is 1.79. The Bertz CT molecular complexity index is 344. The van der Waals surface area contributed by atoms with Gasteiger partial charge in [0.2, 0.25) is 6.41 Å². The molecule has 1 aromatic heterocycles. The summed E-state index contributed by atoms with van der Waals surface area (Å²) in [6.45, 7) is 7.16. The van der Waals surface area contributed by atoms with Crippen molar-refractivity contribution in [1.29, 1.82) is 0 Å². The van der Waals surface area contributed by atoms with Crippen molar-refractivity contribution >= 4 is 17.7 Å². The maximum atomic E-state index is 8.58. The van der Waals surface area contributed by atoms with E-state index in [1.807, 2.05) is 11.3 Å². The molecule has 96 valence electrons. The lowest BCUT2D eigenvalue weighted by molar-refractivity contribution is -0.106. The number of carbonyl (C=O) groups excluding carboxylic acids is 1. The monoisotopic (exact) mass is 256 g/mol. The predicted molar refractivity (Wildman–Crippen MR) is 70.2 cm³/mol. The van der Waals surface area contributed by atoms with E-state index in [1.165, 1.54) is 16.0 Å². The average Bonchev–Trinajstić information content (AvgIpc) is 2.57. The lowest BCUT2D eigenvalue weighted by Gasteiger charge is -2.15. The summed E-state index contributed by atoms with van der Waals surface area (Å²) in [5.74, 6) is 0. The fraction of sp³-hybridized carbons (Fsp3) is 0.583. The van der Waals surface area contributed by atoms with Gasteiger partial charge in [-0.05, 0) is 43.3 Å². The highest BCUT2D eigenvalue weighted by atomic mass is 32.1. The molecule has 1 unspecified atom stereocenters. The van der Waals surface area contributed by atoms with E-state index in [4.69, 9.17) is 9.53 Å². The molecule has 1 aliphatic heterocycles. The minimum absolute atomic E-state index is 0.250. The summed E-state index contributed by atoms with van der Waals surface area (Å²) in [7, 11) is 0. The Hall–Kier alpha value is -0.910. The van der Waals surface area contributed by atoms with Crippen LogP contribution in [0.4, 0.5) is 0 Å². The second-order valence-corrected chi connectivity index (χ2v) is 5.03. The van der Waals surface area contributed by atoms with Gasteiger partial charge >= 0.3 is 0 Å². The molecule has 0 aliphatic carbocycles. The number of ether oxygens (including phenoxy) is 1. The number of hydrogen-bond donors (Lipinski definition) is 2. The third-order valence-corrected chi connectivity index (χ3v) is 3.87. The summed E-state index contributed by atoms with van der Waals surface area (Å²) in [5, 5.41) is 5.79. The number of thiophene rings is 1. The zero-order valence-electron chi connectivity index (χ0n) is 10.4. The molecule has 0 radical (unpaired) electrons. The molecule has 0 spiro atoms. The standard InChI is InChI=1S/C11H17NOS.CH3NO/c1-8-9(2)14-7-10(8)11-6-13-5-3-4-12-11;2-1-3/h7,11-12H,3-6H2,1-2H3;1H,(H2,2,3). The Morgan fingerprint density at radius 1 is 1.59 bits per heavy atom. The van der Waals surface area contributed by atoms with Gasteiger partial charge < -0.3 is 15.8 Å². The summed E-state index contributed by atoms with van der Waals surface area (Å²) >= 11 is 1.84.